The van der Waals surface area contributed by atoms with Gasteiger partial charge >= 0.3 is 5.69 Å². The highest BCUT2D eigenvalue weighted by Gasteiger charge is 2.31. The maximum atomic E-state index is 13.7. The minimum Gasteiger partial charge on any atom is -0.362 e. The van der Waals surface area contributed by atoms with Crippen LogP contribution in [0.4, 0.5) is 11.4 Å². The van der Waals surface area contributed by atoms with E-state index in [0.29, 0.717) is 44.8 Å². The van der Waals surface area contributed by atoms with Gasteiger partial charge in [-0.05, 0) is 31.4 Å². The fourth-order valence-corrected chi connectivity index (χ4v) is 4.69. The molecule has 1 saturated heterocycles. The second-order valence-corrected chi connectivity index (χ2v) is 9.00. The van der Waals surface area contributed by atoms with Gasteiger partial charge in [-0.15, -0.1) is 0 Å². The molecule has 3 heterocycles. The Labute approximate surface area is 200 Å². The van der Waals surface area contributed by atoms with E-state index in [0.717, 1.165) is 18.5 Å². The summed E-state index contributed by atoms with van der Waals surface area (Å²) in [5, 5.41) is 11.6. The molecule has 1 aliphatic heterocycles. The molecule has 1 aromatic carbocycles. The molecule has 2 aliphatic rings. The van der Waals surface area contributed by atoms with E-state index in [9.17, 15) is 24.5 Å². The van der Waals surface area contributed by atoms with Crippen molar-refractivity contribution < 1.29 is 9.72 Å². The number of pyridine rings is 1. The Bertz CT molecular complexity index is 1430. The summed E-state index contributed by atoms with van der Waals surface area (Å²) in [6.45, 7) is 3.85. The third kappa shape index (κ3) is 4.17. The summed E-state index contributed by atoms with van der Waals surface area (Å²) in [4.78, 5) is 60.6. The van der Waals surface area contributed by atoms with Crippen LogP contribution < -0.4 is 16.1 Å². The lowest BCUT2D eigenvalue weighted by Gasteiger charge is -2.36. The quantitative estimate of drug-likeness (QED) is 0.424. The van der Waals surface area contributed by atoms with Crippen molar-refractivity contribution >= 4 is 28.3 Å². The number of aryl methyl sites for hydroxylation is 1. The number of piperazine rings is 1. The zero-order chi connectivity index (χ0) is 24.7. The minimum absolute atomic E-state index is 0.0295. The van der Waals surface area contributed by atoms with Gasteiger partial charge in [0.25, 0.3) is 17.2 Å². The molecule has 0 bridgehead atoms. The van der Waals surface area contributed by atoms with Crippen molar-refractivity contribution in [1.82, 2.24) is 19.4 Å². The maximum Gasteiger partial charge on any atom is 0.329 e. The molecule has 1 amide bonds. The van der Waals surface area contributed by atoms with Crippen molar-refractivity contribution in [3.05, 3.63) is 72.5 Å². The number of nitro benzene ring substituents is 1. The Balaban J connectivity index is 1.49. The molecule has 0 atom stereocenters. The highest BCUT2D eigenvalue weighted by molar-refractivity contribution is 6.05. The van der Waals surface area contributed by atoms with Crippen molar-refractivity contribution in [1.29, 1.82) is 0 Å². The molecule has 182 valence electrons. The number of rotatable bonds is 6. The lowest BCUT2D eigenvalue weighted by Crippen LogP contribution is -2.49. The van der Waals surface area contributed by atoms with Gasteiger partial charge in [0.2, 0.25) is 0 Å². The van der Waals surface area contributed by atoms with Crippen molar-refractivity contribution in [3.63, 3.8) is 0 Å². The van der Waals surface area contributed by atoms with Crippen LogP contribution in [-0.4, -0.2) is 56.4 Å². The molecule has 3 aromatic rings. The Kier molecular flexibility index (Phi) is 5.83. The molecular formula is C24H26N6O5. The van der Waals surface area contributed by atoms with Crippen LogP contribution in [0.3, 0.4) is 0 Å². The molecule has 0 unspecified atom stereocenters. The number of anilines is 1. The van der Waals surface area contributed by atoms with Crippen LogP contribution in [0.15, 0.2) is 39.9 Å². The van der Waals surface area contributed by atoms with E-state index >= 15 is 0 Å². The summed E-state index contributed by atoms with van der Waals surface area (Å²) in [6.07, 6.45) is 2.59. The molecule has 11 nitrogen and oxygen atoms in total. The predicted molar refractivity (Wildman–Crippen MR) is 130 cm³/mol. The molecule has 5 rings (SSSR count). The maximum absolute atomic E-state index is 13.7. The predicted octanol–water partition coefficient (Wildman–Crippen LogP) is 2.24. The van der Waals surface area contributed by atoms with Crippen LogP contribution in [0, 0.1) is 10.1 Å². The number of para-hydroxylation sites is 2. The average molecular weight is 479 g/mol. The van der Waals surface area contributed by atoms with Crippen molar-refractivity contribution in [2.75, 3.05) is 31.1 Å². The van der Waals surface area contributed by atoms with Crippen LogP contribution in [0.25, 0.3) is 11.0 Å². The Morgan fingerprint density at radius 2 is 1.89 bits per heavy atom. The van der Waals surface area contributed by atoms with Gasteiger partial charge in [-0.25, -0.2) is 9.78 Å². The third-order valence-corrected chi connectivity index (χ3v) is 6.63. The second-order valence-electron chi connectivity index (χ2n) is 9.00. The van der Waals surface area contributed by atoms with Crippen molar-refractivity contribution in [2.24, 2.45) is 0 Å². The molecule has 1 aliphatic carbocycles. The standard InChI is InChI=1S/C24H26N6O5/c1-2-9-29-21-20(22(31)26-24(29)33)16(14-17(25-21)15-7-8-15)23(32)28-12-10-27(11-13-28)18-5-3-4-6-19(18)30(34)35/h3-6,14-15H,2,7-13H2,1H3,(H,26,31,33). The number of nitrogens with zero attached hydrogens (tertiary/aromatic N) is 5. The Hall–Kier alpha value is -4.02. The summed E-state index contributed by atoms with van der Waals surface area (Å²) in [5.74, 6) is -0.0698. The van der Waals surface area contributed by atoms with Gasteiger partial charge in [0.05, 0.1) is 15.9 Å². The molecule has 1 N–H and O–H groups in total. The van der Waals surface area contributed by atoms with E-state index in [1.165, 1.54) is 10.6 Å². The number of nitrogens with one attached hydrogen (secondary N) is 1. The van der Waals surface area contributed by atoms with E-state index in [2.05, 4.69) is 9.97 Å². The summed E-state index contributed by atoms with van der Waals surface area (Å²) < 4.78 is 1.44. The number of aromatic nitrogens is 3. The molecule has 35 heavy (non-hydrogen) atoms. The van der Waals surface area contributed by atoms with Gasteiger partial charge in [-0.3, -0.25) is 29.3 Å². The van der Waals surface area contributed by atoms with Crippen LogP contribution in [0.2, 0.25) is 0 Å². The Morgan fingerprint density at radius 3 is 2.54 bits per heavy atom. The summed E-state index contributed by atoms with van der Waals surface area (Å²) in [6, 6.07) is 8.26. The molecule has 2 fully saturated rings. The fourth-order valence-electron chi connectivity index (χ4n) is 4.69. The fraction of sp³-hybridized carbons (Fsp3) is 0.417. The van der Waals surface area contributed by atoms with Gasteiger partial charge in [-0.1, -0.05) is 19.1 Å². The first-order valence-electron chi connectivity index (χ1n) is 11.8. The molecule has 1 saturated carbocycles. The number of H-pyrrole nitrogens is 1. The number of carbonyl (C=O) groups excluding carboxylic acids is 1. The van der Waals surface area contributed by atoms with E-state index in [-0.39, 0.29) is 34.1 Å². The van der Waals surface area contributed by atoms with Crippen molar-refractivity contribution in [3.8, 4) is 0 Å². The number of hydrogen-bond donors (Lipinski definition) is 1. The molecular weight excluding hydrogens is 452 g/mol. The SMILES string of the molecule is CCCn1c(=O)[nH]c(=O)c2c(C(=O)N3CCN(c4ccccc4[N+](=O)[O-])CC3)cc(C3CC3)nc21. The van der Waals surface area contributed by atoms with Crippen LogP contribution in [0.1, 0.15) is 48.2 Å². The average Bonchev–Trinajstić information content (AvgIpc) is 3.71. The summed E-state index contributed by atoms with van der Waals surface area (Å²) in [7, 11) is 0. The highest BCUT2D eigenvalue weighted by atomic mass is 16.6. The van der Waals surface area contributed by atoms with Crippen LogP contribution in [0.5, 0.6) is 0 Å². The van der Waals surface area contributed by atoms with Gasteiger partial charge in [0.1, 0.15) is 5.69 Å². The minimum atomic E-state index is -0.617. The number of nitro groups is 1. The molecule has 11 heteroatoms. The molecule has 2 aromatic heterocycles. The van der Waals surface area contributed by atoms with Gasteiger partial charge in [0.15, 0.2) is 5.65 Å². The topological polar surface area (TPSA) is 134 Å². The number of aromatic amines is 1. The summed E-state index contributed by atoms with van der Waals surface area (Å²) in [5.41, 5.74) is 0.649. The zero-order valence-electron chi connectivity index (χ0n) is 19.4. The van der Waals surface area contributed by atoms with Gasteiger partial charge in [0, 0.05) is 50.4 Å². The van der Waals surface area contributed by atoms with E-state index in [1.54, 1.807) is 29.2 Å². The monoisotopic (exact) mass is 478 g/mol. The first-order chi connectivity index (χ1) is 16.9. The van der Waals surface area contributed by atoms with E-state index in [1.807, 2.05) is 11.8 Å². The second kappa shape index (κ2) is 8.97. The van der Waals surface area contributed by atoms with Crippen LogP contribution in [-0.2, 0) is 6.54 Å². The lowest BCUT2D eigenvalue weighted by molar-refractivity contribution is -0.384. The number of amides is 1. The number of hydrogen-bond acceptors (Lipinski definition) is 7. The largest absolute Gasteiger partial charge is 0.362 e. The van der Waals surface area contributed by atoms with Gasteiger partial charge < -0.3 is 9.80 Å². The summed E-state index contributed by atoms with van der Waals surface area (Å²) >= 11 is 0. The van der Waals surface area contributed by atoms with E-state index < -0.39 is 16.2 Å². The first-order valence-corrected chi connectivity index (χ1v) is 11.8. The Morgan fingerprint density at radius 1 is 1.17 bits per heavy atom. The third-order valence-electron chi connectivity index (χ3n) is 6.63. The molecule has 0 spiro atoms. The molecule has 0 radical (unpaired) electrons. The lowest BCUT2D eigenvalue weighted by atomic mass is 10.1. The van der Waals surface area contributed by atoms with Crippen LogP contribution >= 0.6 is 0 Å². The normalized spacial score (nSPS) is 16.0. The van der Waals surface area contributed by atoms with Gasteiger partial charge in [-0.2, -0.15) is 0 Å². The first kappa shape index (κ1) is 22.8. The number of benzene rings is 1. The van der Waals surface area contributed by atoms with Crippen molar-refractivity contribution in [2.45, 2.75) is 38.6 Å². The smallest absolute Gasteiger partial charge is 0.329 e. The number of carbonyl (C=O) groups is 1. The zero-order valence-corrected chi connectivity index (χ0v) is 19.4. The number of fused-ring (bicyclic) bond motifs is 1. The van der Waals surface area contributed by atoms with E-state index in [4.69, 9.17) is 0 Å². The highest BCUT2D eigenvalue weighted by Crippen LogP contribution is 2.40.